The highest BCUT2D eigenvalue weighted by molar-refractivity contribution is 7.98. The molecule has 3 heterocycles. The van der Waals surface area contributed by atoms with Crippen LogP contribution in [0.15, 0.2) is 29.7 Å². The standard InChI is InChI=1S/C14H15FN4S/c1-20-14-17-7-10-8-19(6-4-12(10)18-14)9-13-11(15)3-2-5-16-13/h2-3,5,7H,4,6,8-9H2,1H3. The van der Waals surface area contributed by atoms with Crippen LogP contribution in [0.25, 0.3) is 0 Å². The van der Waals surface area contributed by atoms with Crippen molar-refractivity contribution in [1.29, 1.82) is 0 Å². The molecule has 0 radical (unpaired) electrons. The Bertz CT molecular complexity index is 620. The van der Waals surface area contributed by atoms with Crippen LogP contribution in [0.1, 0.15) is 17.0 Å². The lowest BCUT2D eigenvalue weighted by Crippen LogP contribution is -2.31. The van der Waals surface area contributed by atoms with Gasteiger partial charge < -0.3 is 0 Å². The quantitative estimate of drug-likeness (QED) is 0.641. The fraction of sp³-hybridized carbons (Fsp3) is 0.357. The second-order valence-corrected chi connectivity index (χ2v) is 5.49. The summed E-state index contributed by atoms with van der Waals surface area (Å²) in [5.41, 5.74) is 2.74. The Labute approximate surface area is 121 Å². The van der Waals surface area contributed by atoms with Crippen molar-refractivity contribution in [2.75, 3.05) is 12.8 Å². The van der Waals surface area contributed by atoms with Gasteiger partial charge in [0, 0.05) is 44.0 Å². The first-order chi connectivity index (χ1) is 9.76. The summed E-state index contributed by atoms with van der Waals surface area (Å²) in [4.78, 5) is 15.1. The van der Waals surface area contributed by atoms with Crippen LogP contribution >= 0.6 is 11.8 Å². The molecule has 1 aliphatic heterocycles. The van der Waals surface area contributed by atoms with Gasteiger partial charge in [-0.1, -0.05) is 11.8 Å². The minimum absolute atomic E-state index is 0.243. The van der Waals surface area contributed by atoms with Gasteiger partial charge >= 0.3 is 0 Å². The number of aromatic nitrogens is 3. The molecular formula is C14H15FN4S. The zero-order valence-corrected chi connectivity index (χ0v) is 12.0. The second kappa shape index (κ2) is 5.85. The van der Waals surface area contributed by atoms with Crippen LogP contribution in [0.3, 0.4) is 0 Å². The van der Waals surface area contributed by atoms with Gasteiger partial charge in [-0.15, -0.1) is 0 Å². The van der Waals surface area contributed by atoms with E-state index in [0.29, 0.717) is 12.2 Å². The molecule has 104 valence electrons. The number of rotatable bonds is 3. The molecule has 0 amide bonds. The van der Waals surface area contributed by atoms with Gasteiger partial charge in [-0.2, -0.15) is 0 Å². The zero-order valence-electron chi connectivity index (χ0n) is 11.2. The smallest absolute Gasteiger partial charge is 0.187 e. The fourth-order valence-electron chi connectivity index (χ4n) is 2.34. The van der Waals surface area contributed by atoms with Crippen LogP contribution < -0.4 is 0 Å². The van der Waals surface area contributed by atoms with Crippen molar-refractivity contribution in [1.82, 2.24) is 19.9 Å². The molecule has 0 unspecified atom stereocenters. The molecule has 0 aromatic carbocycles. The van der Waals surface area contributed by atoms with Gasteiger partial charge in [0.2, 0.25) is 0 Å². The van der Waals surface area contributed by atoms with Crippen LogP contribution in [-0.2, 0) is 19.5 Å². The third kappa shape index (κ3) is 2.81. The maximum absolute atomic E-state index is 13.6. The Morgan fingerprint density at radius 2 is 2.30 bits per heavy atom. The van der Waals surface area contributed by atoms with E-state index >= 15 is 0 Å². The Hall–Kier alpha value is -1.53. The monoisotopic (exact) mass is 290 g/mol. The zero-order chi connectivity index (χ0) is 13.9. The highest BCUT2D eigenvalue weighted by Gasteiger charge is 2.19. The lowest BCUT2D eigenvalue weighted by molar-refractivity contribution is 0.235. The van der Waals surface area contributed by atoms with Crippen molar-refractivity contribution in [2.24, 2.45) is 0 Å². The van der Waals surface area contributed by atoms with E-state index in [0.717, 1.165) is 35.9 Å². The summed E-state index contributed by atoms with van der Waals surface area (Å²) < 4.78 is 13.6. The average molecular weight is 290 g/mol. The Morgan fingerprint density at radius 1 is 1.40 bits per heavy atom. The number of fused-ring (bicyclic) bond motifs is 1. The summed E-state index contributed by atoms with van der Waals surface area (Å²) in [5.74, 6) is -0.243. The predicted molar refractivity (Wildman–Crippen MR) is 75.8 cm³/mol. The van der Waals surface area contributed by atoms with Gasteiger partial charge in [0.15, 0.2) is 5.16 Å². The molecule has 0 saturated carbocycles. The predicted octanol–water partition coefficient (Wildman–Crippen LogP) is 2.29. The third-order valence-corrected chi connectivity index (χ3v) is 3.94. The fourth-order valence-corrected chi connectivity index (χ4v) is 2.70. The van der Waals surface area contributed by atoms with Gasteiger partial charge in [-0.3, -0.25) is 9.88 Å². The molecule has 3 rings (SSSR count). The Kier molecular flexibility index (Phi) is 3.93. The molecule has 2 aromatic rings. The maximum Gasteiger partial charge on any atom is 0.187 e. The highest BCUT2D eigenvalue weighted by atomic mass is 32.2. The van der Waals surface area contributed by atoms with Crippen molar-refractivity contribution in [3.8, 4) is 0 Å². The van der Waals surface area contributed by atoms with Crippen LogP contribution in [-0.4, -0.2) is 32.7 Å². The van der Waals surface area contributed by atoms with E-state index in [-0.39, 0.29) is 5.82 Å². The molecule has 0 atom stereocenters. The van der Waals surface area contributed by atoms with Crippen molar-refractivity contribution in [3.05, 3.63) is 47.3 Å². The van der Waals surface area contributed by atoms with Crippen LogP contribution in [0.4, 0.5) is 4.39 Å². The van der Waals surface area contributed by atoms with Crippen molar-refractivity contribution < 1.29 is 4.39 Å². The van der Waals surface area contributed by atoms with E-state index in [1.165, 1.54) is 6.07 Å². The summed E-state index contributed by atoms with van der Waals surface area (Å²) in [5, 5.41) is 0.813. The normalized spacial score (nSPS) is 15.1. The molecule has 4 nitrogen and oxygen atoms in total. The van der Waals surface area contributed by atoms with Crippen LogP contribution in [0.5, 0.6) is 0 Å². The van der Waals surface area contributed by atoms with Crippen molar-refractivity contribution in [2.45, 2.75) is 24.7 Å². The number of thioether (sulfide) groups is 1. The molecule has 0 saturated heterocycles. The van der Waals surface area contributed by atoms with E-state index in [1.54, 1.807) is 24.0 Å². The summed E-state index contributed by atoms with van der Waals surface area (Å²) >= 11 is 1.55. The second-order valence-electron chi connectivity index (χ2n) is 4.72. The van der Waals surface area contributed by atoms with E-state index in [4.69, 9.17) is 0 Å². The first-order valence-corrected chi connectivity index (χ1v) is 7.69. The Balaban J connectivity index is 1.74. The van der Waals surface area contributed by atoms with E-state index < -0.39 is 0 Å². The number of pyridine rings is 1. The number of hydrogen-bond donors (Lipinski definition) is 0. The molecule has 0 aliphatic carbocycles. The molecule has 1 aliphatic rings. The lowest BCUT2D eigenvalue weighted by atomic mass is 10.1. The van der Waals surface area contributed by atoms with Crippen molar-refractivity contribution in [3.63, 3.8) is 0 Å². The molecule has 0 spiro atoms. The summed E-state index contributed by atoms with van der Waals surface area (Å²) in [6.07, 6.45) is 6.36. The van der Waals surface area contributed by atoms with Crippen molar-refractivity contribution >= 4 is 11.8 Å². The van der Waals surface area contributed by atoms with Gasteiger partial charge in [0.05, 0.1) is 11.4 Å². The maximum atomic E-state index is 13.6. The molecule has 2 aromatic heterocycles. The molecule has 6 heteroatoms. The number of halogens is 1. The summed E-state index contributed by atoms with van der Waals surface area (Å²) in [7, 11) is 0. The van der Waals surface area contributed by atoms with Gasteiger partial charge in [-0.25, -0.2) is 14.4 Å². The molecule has 0 N–H and O–H groups in total. The van der Waals surface area contributed by atoms with Gasteiger partial charge in [0.25, 0.3) is 0 Å². The Morgan fingerprint density at radius 3 is 3.10 bits per heavy atom. The largest absolute Gasteiger partial charge is 0.293 e. The van der Waals surface area contributed by atoms with Crippen LogP contribution in [0, 0.1) is 5.82 Å². The van der Waals surface area contributed by atoms with E-state index in [9.17, 15) is 4.39 Å². The molecule has 20 heavy (non-hydrogen) atoms. The van der Waals surface area contributed by atoms with Gasteiger partial charge in [0.1, 0.15) is 5.82 Å². The highest BCUT2D eigenvalue weighted by Crippen LogP contribution is 2.20. The summed E-state index contributed by atoms with van der Waals surface area (Å²) in [6.45, 7) is 2.14. The first-order valence-electron chi connectivity index (χ1n) is 6.47. The van der Waals surface area contributed by atoms with E-state index in [2.05, 4.69) is 19.9 Å². The van der Waals surface area contributed by atoms with Gasteiger partial charge in [-0.05, 0) is 18.4 Å². The minimum Gasteiger partial charge on any atom is -0.293 e. The lowest BCUT2D eigenvalue weighted by Gasteiger charge is -2.27. The summed E-state index contributed by atoms with van der Waals surface area (Å²) in [6, 6.07) is 3.07. The molecule has 0 bridgehead atoms. The number of hydrogen-bond acceptors (Lipinski definition) is 5. The SMILES string of the molecule is CSc1ncc2c(n1)CCN(Cc1ncccc1F)C2. The topological polar surface area (TPSA) is 41.9 Å². The van der Waals surface area contributed by atoms with E-state index in [1.807, 2.05) is 12.5 Å². The average Bonchev–Trinajstić information content (AvgIpc) is 2.49. The third-order valence-electron chi connectivity index (χ3n) is 3.38. The minimum atomic E-state index is -0.243. The molecule has 0 fully saturated rings. The molecular weight excluding hydrogens is 275 g/mol. The number of nitrogens with zero attached hydrogens (tertiary/aromatic N) is 4. The van der Waals surface area contributed by atoms with Crippen LogP contribution in [0.2, 0.25) is 0 Å². The first kappa shape index (κ1) is 13.5.